The zero-order chi connectivity index (χ0) is 12.5. The predicted molar refractivity (Wildman–Crippen MR) is 66.3 cm³/mol. The maximum absolute atomic E-state index is 9.06. The summed E-state index contributed by atoms with van der Waals surface area (Å²) in [7, 11) is 0. The Balaban J connectivity index is 1.83. The SMILES string of the molecule is Nc1cccc(-c2nncn2CC2C[C@H]2CO)n1. The fraction of sp³-hybridized carbons (Fsp3) is 0.417. The van der Waals surface area contributed by atoms with Gasteiger partial charge in [-0.15, -0.1) is 10.2 Å². The first kappa shape index (κ1) is 11.2. The molecule has 3 N–H and O–H groups in total. The van der Waals surface area contributed by atoms with Gasteiger partial charge in [0.1, 0.15) is 17.8 Å². The largest absolute Gasteiger partial charge is 0.396 e. The normalized spacial score (nSPS) is 22.1. The highest BCUT2D eigenvalue weighted by atomic mass is 16.3. The second-order valence-corrected chi connectivity index (χ2v) is 4.69. The van der Waals surface area contributed by atoms with Gasteiger partial charge >= 0.3 is 0 Å². The standard InChI is InChI=1S/C12H15N5O/c13-11-3-1-2-10(15-11)12-16-14-7-17(12)5-8-4-9(8)6-18/h1-3,7-9,18H,4-6H2,(H2,13,15)/t8?,9-/m0/s1. The molecule has 1 unspecified atom stereocenters. The second-order valence-electron chi connectivity index (χ2n) is 4.69. The van der Waals surface area contributed by atoms with E-state index in [0.717, 1.165) is 24.5 Å². The van der Waals surface area contributed by atoms with Crippen molar-refractivity contribution in [3.05, 3.63) is 24.5 Å². The van der Waals surface area contributed by atoms with E-state index in [1.54, 1.807) is 12.4 Å². The Bertz CT molecular complexity index is 553. The molecular weight excluding hydrogens is 230 g/mol. The third-order valence-electron chi connectivity index (χ3n) is 3.35. The van der Waals surface area contributed by atoms with Crippen molar-refractivity contribution in [1.29, 1.82) is 0 Å². The van der Waals surface area contributed by atoms with Gasteiger partial charge in [0.2, 0.25) is 0 Å². The Kier molecular flexibility index (Phi) is 2.71. The van der Waals surface area contributed by atoms with Crippen LogP contribution in [-0.4, -0.2) is 31.5 Å². The van der Waals surface area contributed by atoms with Crippen LogP contribution in [0.25, 0.3) is 11.5 Å². The van der Waals surface area contributed by atoms with E-state index in [9.17, 15) is 0 Å². The van der Waals surface area contributed by atoms with E-state index in [2.05, 4.69) is 15.2 Å². The summed E-state index contributed by atoms with van der Waals surface area (Å²) >= 11 is 0. The fourth-order valence-electron chi connectivity index (χ4n) is 2.17. The van der Waals surface area contributed by atoms with Crippen molar-refractivity contribution >= 4 is 5.82 Å². The van der Waals surface area contributed by atoms with Gasteiger partial charge in [-0.1, -0.05) is 6.07 Å². The van der Waals surface area contributed by atoms with Crippen molar-refractivity contribution in [1.82, 2.24) is 19.7 Å². The number of nitrogens with zero attached hydrogens (tertiary/aromatic N) is 4. The third kappa shape index (κ3) is 2.06. The summed E-state index contributed by atoms with van der Waals surface area (Å²) in [5, 5.41) is 17.1. The predicted octanol–water partition coefficient (Wildman–Crippen LogP) is 0.551. The molecular formula is C12H15N5O. The number of nitrogen functional groups attached to an aromatic ring is 1. The molecule has 2 aromatic heterocycles. The summed E-state index contributed by atoms with van der Waals surface area (Å²) in [6.07, 6.45) is 2.77. The van der Waals surface area contributed by atoms with Crippen LogP contribution in [0.3, 0.4) is 0 Å². The summed E-state index contributed by atoms with van der Waals surface area (Å²) in [6.45, 7) is 1.09. The lowest BCUT2D eigenvalue weighted by Gasteiger charge is -2.05. The number of rotatable bonds is 4. The number of anilines is 1. The van der Waals surface area contributed by atoms with Crippen molar-refractivity contribution in [2.75, 3.05) is 12.3 Å². The van der Waals surface area contributed by atoms with Crippen LogP contribution < -0.4 is 5.73 Å². The van der Waals surface area contributed by atoms with E-state index in [-0.39, 0.29) is 6.61 Å². The van der Waals surface area contributed by atoms with E-state index >= 15 is 0 Å². The average Bonchev–Trinajstić information content (AvgIpc) is 2.95. The second kappa shape index (κ2) is 4.38. The smallest absolute Gasteiger partial charge is 0.182 e. The van der Waals surface area contributed by atoms with Crippen molar-refractivity contribution in [2.45, 2.75) is 13.0 Å². The molecule has 6 heteroatoms. The first-order valence-electron chi connectivity index (χ1n) is 5.99. The number of aromatic nitrogens is 4. The Hall–Kier alpha value is -1.95. The van der Waals surface area contributed by atoms with Gasteiger partial charge in [0, 0.05) is 13.2 Å². The highest BCUT2D eigenvalue weighted by Crippen LogP contribution is 2.39. The van der Waals surface area contributed by atoms with Crippen LogP contribution in [0.1, 0.15) is 6.42 Å². The van der Waals surface area contributed by atoms with Crippen LogP contribution in [0, 0.1) is 11.8 Å². The molecule has 0 bridgehead atoms. The maximum Gasteiger partial charge on any atom is 0.182 e. The molecule has 94 valence electrons. The van der Waals surface area contributed by atoms with E-state index in [1.807, 2.05) is 16.7 Å². The van der Waals surface area contributed by atoms with Crippen LogP contribution in [-0.2, 0) is 6.54 Å². The van der Waals surface area contributed by atoms with E-state index in [0.29, 0.717) is 17.7 Å². The summed E-state index contributed by atoms with van der Waals surface area (Å²) in [6, 6.07) is 5.46. The molecule has 3 rings (SSSR count). The summed E-state index contributed by atoms with van der Waals surface area (Å²) in [4.78, 5) is 4.25. The average molecular weight is 245 g/mol. The van der Waals surface area contributed by atoms with Gasteiger partial charge < -0.3 is 15.4 Å². The van der Waals surface area contributed by atoms with E-state index in [1.165, 1.54) is 0 Å². The molecule has 2 aromatic rings. The zero-order valence-electron chi connectivity index (χ0n) is 9.90. The Labute approximate surface area is 104 Å². The van der Waals surface area contributed by atoms with E-state index in [4.69, 9.17) is 10.8 Å². The van der Waals surface area contributed by atoms with Crippen molar-refractivity contribution < 1.29 is 5.11 Å². The maximum atomic E-state index is 9.06. The summed E-state index contributed by atoms with van der Waals surface area (Å²) in [5.41, 5.74) is 6.40. The molecule has 1 aliphatic rings. The Morgan fingerprint density at radius 1 is 1.39 bits per heavy atom. The molecule has 0 saturated heterocycles. The van der Waals surface area contributed by atoms with Crippen LogP contribution in [0.15, 0.2) is 24.5 Å². The first-order valence-corrected chi connectivity index (χ1v) is 5.99. The minimum atomic E-state index is 0.263. The molecule has 1 aliphatic carbocycles. The van der Waals surface area contributed by atoms with Crippen molar-refractivity contribution in [2.24, 2.45) is 11.8 Å². The summed E-state index contributed by atoms with van der Waals surface area (Å²) < 4.78 is 1.97. The van der Waals surface area contributed by atoms with Gasteiger partial charge in [0.15, 0.2) is 5.82 Å². The van der Waals surface area contributed by atoms with Crippen molar-refractivity contribution in [3.63, 3.8) is 0 Å². The molecule has 1 saturated carbocycles. The molecule has 0 spiro atoms. The molecule has 2 atom stereocenters. The van der Waals surface area contributed by atoms with E-state index < -0.39 is 0 Å². The topological polar surface area (TPSA) is 89.8 Å². The number of aliphatic hydroxyl groups excluding tert-OH is 1. The van der Waals surface area contributed by atoms with Crippen LogP contribution in [0.2, 0.25) is 0 Å². The van der Waals surface area contributed by atoms with Gasteiger partial charge in [-0.05, 0) is 30.4 Å². The third-order valence-corrected chi connectivity index (χ3v) is 3.35. The van der Waals surface area contributed by atoms with Crippen molar-refractivity contribution in [3.8, 4) is 11.5 Å². The fourth-order valence-corrected chi connectivity index (χ4v) is 2.17. The molecule has 6 nitrogen and oxygen atoms in total. The van der Waals surface area contributed by atoms with Crippen LogP contribution in [0.4, 0.5) is 5.82 Å². The number of hydrogen-bond acceptors (Lipinski definition) is 5. The minimum absolute atomic E-state index is 0.263. The number of nitrogens with two attached hydrogens (primary N) is 1. The highest BCUT2D eigenvalue weighted by molar-refractivity contribution is 5.52. The molecule has 2 heterocycles. The molecule has 18 heavy (non-hydrogen) atoms. The lowest BCUT2D eigenvalue weighted by atomic mass is 10.3. The Morgan fingerprint density at radius 2 is 2.28 bits per heavy atom. The van der Waals surface area contributed by atoms with Gasteiger partial charge in [-0.3, -0.25) is 0 Å². The van der Waals surface area contributed by atoms with Crippen LogP contribution >= 0.6 is 0 Å². The lowest BCUT2D eigenvalue weighted by molar-refractivity contribution is 0.266. The quantitative estimate of drug-likeness (QED) is 0.821. The van der Waals surface area contributed by atoms with Gasteiger partial charge in [-0.2, -0.15) is 0 Å². The molecule has 0 aliphatic heterocycles. The Morgan fingerprint density at radius 3 is 3.00 bits per heavy atom. The number of aliphatic hydroxyl groups is 1. The molecule has 0 radical (unpaired) electrons. The number of hydrogen-bond donors (Lipinski definition) is 2. The van der Waals surface area contributed by atoms with Gasteiger partial charge in [-0.25, -0.2) is 4.98 Å². The van der Waals surface area contributed by atoms with Gasteiger partial charge in [0.25, 0.3) is 0 Å². The van der Waals surface area contributed by atoms with Crippen LogP contribution in [0.5, 0.6) is 0 Å². The first-order chi connectivity index (χ1) is 8.78. The lowest BCUT2D eigenvalue weighted by Crippen LogP contribution is -2.05. The molecule has 0 amide bonds. The number of pyridine rings is 1. The molecule has 0 aromatic carbocycles. The monoisotopic (exact) mass is 245 g/mol. The van der Waals surface area contributed by atoms with Gasteiger partial charge in [0.05, 0.1) is 0 Å². The minimum Gasteiger partial charge on any atom is -0.396 e. The summed E-state index contributed by atoms with van der Waals surface area (Å²) in [5.74, 6) is 2.15. The molecule has 1 fully saturated rings. The highest BCUT2D eigenvalue weighted by Gasteiger charge is 2.36. The zero-order valence-corrected chi connectivity index (χ0v) is 9.90.